The summed E-state index contributed by atoms with van der Waals surface area (Å²) in [7, 11) is 4.15. The summed E-state index contributed by atoms with van der Waals surface area (Å²) in [5, 5.41) is 3.38. The molecule has 0 fully saturated rings. The van der Waals surface area contributed by atoms with Gasteiger partial charge >= 0.3 is 0 Å². The summed E-state index contributed by atoms with van der Waals surface area (Å²) in [6, 6.07) is 10.5. The van der Waals surface area contributed by atoms with Gasteiger partial charge in [0.2, 0.25) is 0 Å². The Morgan fingerprint density at radius 2 is 2.06 bits per heavy atom. The minimum absolute atomic E-state index is 0.794. The molecule has 0 bridgehead atoms. The number of benzene rings is 1. The van der Waals surface area contributed by atoms with Crippen molar-refractivity contribution in [3.05, 3.63) is 54.0 Å². The summed E-state index contributed by atoms with van der Waals surface area (Å²) in [6.45, 7) is 1.75. The van der Waals surface area contributed by atoms with E-state index >= 15 is 0 Å². The second-order valence-corrected chi connectivity index (χ2v) is 4.42. The second kappa shape index (κ2) is 5.55. The highest BCUT2D eigenvalue weighted by Crippen LogP contribution is 2.13. The summed E-state index contributed by atoms with van der Waals surface area (Å²) in [6.07, 6.45) is 3.45. The Morgan fingerprint density at radius 1 is 1.18 bits per heavy atom. The third kappa shape index (κ3) is 3.64. The number of nitrogens with zero attached hydrogens (tertiary/aromatic N) is 1. The van der Waals surface area contributed by atoms with E-state index in [9.17, 15) is 0 Å². The Morgan fingerprint density at radius 3 is 2.76 bits per heavy atom. The van der Waals surface area contributed by atoms with Crippen LogP contribution in [-0.4, -0.2) is 19.0 Å². The first-order chi connectivity index (χ1) is 8.24. The molecule has 1 aromatic heterocycles. The van der Waals surface area contributed by atoms with Crippen LogP contribution in [0.2, 0.25) is 0 Å². The van der Waals surface area contributed by atoms with E-state index in [-0.39, 0.29) is 0 Å². The molecule has 2 rings (SSSR count). The Hall–Kier alpha value is -1.74. The highest BCUT2D eigenvalue weighted by Gasteiger charge is 1.98. The van der Waals surface area contributed by atoms with Gasteiger partial charge in [-0.1, -0.05) is 12.1 Å². The maximum atomic E-state index is 5.03. The van der Waals surface area contributed by atoms with Crippen molar-refractivity contribution in [2.45, 2.75) is 13.1 Å². The molecule has 0 atom stereocenters. The van der Waals surface area contributed by atoms with Crippen molar-refractivity contribution >= 4 is 5.69 Å². The van der Waals surface area contributed by atoms with Gasteiger partial charge in [-0.15, -0.1) is 0 Å². The fourth-order valence-corrected chi connectivity index (χ4v) is 1.74. The minimum Gasteiger partial charge on any atom is -0.472 e. The van der Waals surface area contributed by atoms with Crippen LogP contribution in [-0.2, 0) is 13.1 Å². The predicted octanol–water partition coefficient (Wildman–Crippen LogP) is 2.95. The van der Waals surface area contributed by atoms with E-state index in [0.29, 0.717) is 0 Å². The molecule has 0 saturated heterocycles. The zero-order valence-electron chi connectivity index (χ0n) is 10.3. The van der Waals surface area contributed by atoms with Gasteiger partial charge in [0.25, 0.3) is 0 Å². The van der Waals surface area contributed by atoms with Gasteiger partial charge in [0, 0.05) is 24.3 Å². The quantitative estimate of drug-likeness (QED) is 0.856. The van der Waals surface area contributed by atoms with E-state index in [1.165, 1.54) is 5.56 Å². The topological polar surface area (TPSA) is 28.4 Å². The lowest BCUT2D eigenvalue weighted by Gasteiger charge is -2.11. The average molecular weight is 230 g/mol. The maximum Gasteiger partial charge on any atom is 0.0952 e. The molecule has 0 amide bonds. The van der Waals surface area contributed by atoms with E-state index in [2.05, 4.69) is 48.6 Å². The molecule has 1 aromatic carbocycles. The van der Waals surface area contributed by atoms with Crippen molar-refractivity contribution < 1.29 is 4.42 Å². The van der Waals surface area contributed by atoms with Crippen LogP contribution < -0.4 is 5.32 Å². The lowest BCUT2D eigenvalue weighted by Crippen LogP contribution is -2.10. The first-order valence-electron chi connectivity index (χ1n) is 5.72. The molecule has 1 heterocycles. The molecule has 17 heavy (non-hydrogen) atoms. The van der Waals surface area contributed by atoms with E-state index in [0.717, 1.165) is 24.3 Å². The molecule has 0 unspecified atom stereocenters. The monoisotopic (exact) mass is 230 g/mol. The van der Waals surface area contributed by atoms with Gasteiger partial charge in [0.1, 0.15) is 0 Å². The Balaban J connectivity index is 1.96. The lowest BCUT2D eigenvalue weighted by atomic mass is 10.2. The molecule has 0 spiro atoms. The summed E-state index contributed by atoms with van der Waals surface area (Å²) in [5.41, 5.74) is 3.61. The van der Waals surface area contributed by atoms with Crippen LogP contribution in [0.15, 0.2) is 47.3 Å². The van der Waals surface area contributed by atoms with E-state index in [1.807, 2.05) is 6.07 Å². The number of nitrogens with one attached hydrogen (secondary N) is 1. The minimum atomic E-state index is 0.794. The summed E-state index contributed by atoms with van der Waals surface area (Å²) in [5.74, 6) is 0. The van der Waals surface area contributed by atoms with Crippen LogP contribution in [0.4, 0.5) is 5.69 Å². The fourth-order valence-electron chi connectivity index (χ4n) is 1.74. The number of furan rings is 1. The molecule has 0 aliphatic carbocycles. The summed E-state index contributed by atoms with van der Waals surface area (Å²) < 4.78 is 5.03. The Kier molecular flexibility index (Phi) is 3.83. The van der Waals surface area contributed by atoms with Crippen LogP contribution >= 0.6 is 0 Å². The second-order valence-electron chi connectivity index (χ2n) is 4.42. The SMILES string of the molecule is CN(C)Cc1cccc(NCc2ccoc2)c1. The van der Waals surface area contributed by atoms with Gasteiger partial charge < -0.3 is 14.6 Å². The molecule has 0 saturated carbocycles. The van der Waals surface area contributed by atoms with E-state index in [4.69, 9.17) is 4.42 Å². The zero-order valence-corrected chi connectivity index (χ0v) is 10.3. The Bertz CT molecular complexity index is 449. The first kappa shape index (κ1) is 11.7. The van der Waals surface area contributed by atoms with Crippen molar-refractivity contribution in [3.63, 3.8) is 0 Å². The van der Waals surface area contributed by atoms with Crippen LogP contribution in [0.5, 0.6) is 0 Å². The lowest BCUT2D eigenvalue weighted by molar-refractivity contribution is 0.402. The zero-order chi connectivity index (χ0) is 12.1. The molecule has 0 radical (unpaired) electrons. The molecule has 1 N–H and O–H groups in total. The van der Waals surface area contributed by atoms with Crippen molar-refractivity contribution in [1.82, 2.24) is 4.90 Å². The molecule has 0 aliphatic rings. The van der Waals surface area contributed by atoms with Gasteiger partial charge in [-0.3, -0.25) is 0 Å². The highest BCUT2D eigenvalue weighted by molar-refractivity contribution is 5.46. The van der Waals surface area contributed by atoms with E-state index < -0.39 is 0 Å². The van der Waals surface area contributed by atoms with Crippen LogP contribution in [0, 0.1) is 0 Å². The van der Waals surface area contributed by atoms with Gasteiger partial charge in [-0.2, -0.15) is 0 Å². The fraction of sp³-hybridized carbons (Fsp3) is 0.286. The standard InChI is InChI=1S/C14H18N2O/c1-16(2)10-12-4-3-5-14(8-12)15-9-13-6-7-17-11-13/h3-8,11,15H,9-10H2,1-2H3. The number of anilines is 1. The first-order valence-corrected chi connectivity index (χ1v) is 5.72. The smallest absolute Gasteiger partial charge is 0.0952 e. The van der Waals surface area contributed by atoms with Crippen LogP contribution in [0.25, 0.3) is 0 Å². The summed E-state index contributed by atoms with van der Waals surface area (Å²) >= 11 is 0. The molecule has 2 aromatic rings. The largest absolute Gasteiger partial charge is 0.472 e. The third-order valence-corrected chi connectivity index (χ3v) is 2.50. The Labute approximate surface area is 102 Å². The van der Waals surface area contributed by atoms with Gasteiger partial charge in [-0.25, -0.2) is 0 Å². The van der Waals surface area contributed by atoms with Crippen LogP contribution in [0.1, 0.15) is 11.1 Å². The third-order valence-electron chi connectivity index (χ3n) is 2.50. The van der Waals surface area contributed by atoms with Crippen LogP contribution in [0.3, 0.4) is 0 Å². The molecule has 3 nitrogen and oxygen atoms in total. The van der Waals surface area contributed by atoms with Crippen molar-refractivity contribution in [2.75, 3.05) is 19.4 Å². The van der Waals surface area contributed by atoms with Crippen molar-refractivity contribution in [1.29, 1.82) is 0 Å². The molecule has 90 valence electrons. The number of hydrogen-bond donors (Lipinski definition) is 1. The predicted molar refractivity (Wildman–Crippen MR) is 69.9 cm³/mol. The maximum absolute atomic E-state index is 5.03. The van der Waals surface area contributed by atoms with Crippen molar-refractivity contribution in [3.8, 4) is 0 Å². The normalized spacial score (nSPS) is 10.8. The summed E-state index contributed by atoms with van der Waals surface area (Å²) in [4.78, 5) is 2.16. The molecule has 3 heteroatoms. The van der Waals surface area contributed by atoms with Gasteiger partial charge in [0.05, 0.1) is 12.5 Å². The highest BCUT2D eigenvalue weighted by atomic mass is 16.3. The molecular weight excluding hydrogens is 212 g/mol. The van der Waals surface area contributed by atoms with E-state index in [1.54, 1.807) is 12.5 Å². The van der Waals surface area contributed by atoms with Gasteiger partial charge in [-0.05, 0) is 37.9 Å². The molecular formula is C14H18N2O. The van der Waals surface area contributed by atoms with Crippen molar-refractivity contribution in [2.24, 2.45) is 0 Å². The number of hydrogen-bond acceptors (Lipinski definition) is 3. The number of rotatable bonds is 5. The molecule has 0 aliphatic heterocycles. The average Bonchev–Trinajstić information content (AvgIpc) is 2.79. The van der Waals surface area contributed by atoms with Gasteiger partial charge in [0.15, 0.2) is 0 Å².